The molecule has 0 atom stereocenters. The molecule has 12 heavy (non-hydrogen) atoms. The summed E-state index contributed by atoms with van der Waals surface area (Å²) in [5.74, 6) is 0. The fourth-order valence-electron chi connectivity index (χ4n) is 1.16. The maximum absolute atomic E-state index is 4.98. The highest BCUT2D eigenvalue weighted by molar-refractivity contribution is 4.66. The average Bonchev–Trinajstić information content (AvgIpc) is 2.19. The van der Waals surface area contributed by atoms with Crippen molar-refractivity contribution >= 4 is 0 Å². The molecule has 0 aromatic carbocycles. The normalized spacial score (nSPS) is 18.2. The molecule has 1 aliphatic rings. The summed E-state index contributed by atoms with van der Waals surface area (Å²) in [5, 5.41) is 3.31. The summed E-state index contributed by atoms with van der Waals surface area (Å²) in [4.78, 5) is 2.42. The van der Waals surface area contributed by atoms with Crippen LogP contribution in [-0.4, -0.2) is 51.3 Å². The van der Waals surface area contributed by atoms with Gasteiger partial charge in [-0.1, -0.05) is 13.8 Å². The molecule has 0 bridgehead atoms. The van der Waals surface area contributed by atoms with Gasteiger partial charge in [-0.15, -0.1) is 0 Å². The molecule has 1 rings (SSSR count). The van der Waals surface area contributed by atoms with Crippen molar-refractivity contribution < 1.29 is 4.74 Å². The van der Waals surface area contributed by atoms with Gasteiger partial charge in [0.05, 0.1) is 6.61 Å². The molecule has 0 radical (unpaired) electrons. The van der Waals surface area contributed by atoms with Gasteiger partial charge in [-0.2, -0.15) is 0 Å². The van der Waals surface area contributed by atoms with E-state index in [1.165, 1.54) is 13.1 Å². The van der Waals surface area contributed by atoms with Crippen LogP contribution in [0.25, 0.3) is 0 Å². The van der Waals surface area contributed by atoms with Crippen LogP contribution in [0.4, 0.5) is 0 Å². The molecule has 0 aliphatic carbocycles. The van der Waals surface area contributed by atoms with E-state index in [4.69, 9.17) is 4.74 Å². The molecule has 1 aliphatic heterocycles. The third-order valence-corrected chi connectivity index (χ3v) is 1.82. The summed E-state index contributed by atoms with van der Waals surface area (Å²) in [6.45, 7) is 10.5. The van der Waals surface area contributed by atoms with Crippen LogP contribution in [0.5, 0.6) is 0 Å². The highest BCUT2D eigenvalue weighted by Crippen LogP contribution is 1.90. The zero-order valence-corrected chi connectivity index (χ0v) is 8.60. The van der Waals surface area contributed by atoms with E-state index in [1.54, 1.807) is 7.11 Å². The number of methoxy groups -OCH3 is 1. The summed E-state index contributed by atoms with van der Waals surface area (Å²) >= 11 is 0. The second-order valence-electron chi connectivity index (χ2n) is 2.58. The minimum Gasteiger partial charge on any atom is -0.383 e. The number of hydrogen-bond donors (Lipinski definition) is 1. The molecule has 0 aromatic rings. The molecule has 1 saturated heterocycles. The standard InChI is InChI=1S/C7H16N2O.C2H6/c1-10-7-6-9-4-2-8-3-5-9;1-2/h8H,2-7H2,1H3;1-2H3. The van der Waals surface area contributed by atoms with Gasteiger partial charge in [0.25, 0.3) is 0 Å². The lowest BCUT2D eigenvalue weighted by atomic mass is 10.4. The zero-order chi connectivity index (χ0) is 9.23. The molecule has 0 amide bonds. The summed E-state index contributed by atoms with van der Waals surface area (Å²) in [6.07, 6.45) is 0. The van der Waals surface area contributed by atoms with Crippen LogP contribution in [0.3, 0.4) is 0 Å². The molecular weight excluding hydrogens is 152 g/mol. The highest BCUT2D eigenvalue weighted by atomic mass is 16.5. The van der Waals surface area contributed by atoms with Gasteiger partial charge in [0.2, 0.25) is 0 Å². The van der Waals surface area contributed by atoms with E-state index in [9.17, 15) is 0 Å². The lowest BCUT2D eigenvalue weighted by Gasteiger charge is -2.26. The lowest BCUT2D eigenvalue weighted by Crippen LogP contribution is -2.44. The van der Waals surface area contributed by atoms with Crippen molar-refractivity contribution in [2.24, 2.45) is 0 Å². The first-order chi connectivity index (χ1) is 5.93. The van der Waals surface area contributed by atoms with Gasteiger partial charge < -0.3 is 10.1 Å². The molecule has 0 spiro atoms. The van der Waals surface area contributed by atoms with E-state index in [0.29, 0.717) is 0 Å². The number of piperazine rings is 1. The number of ether oxygens (including phenoxy) is 1. The third-order valence-electron chi connectivity index (χ3n) is 1.82. The molecular formula is C9H22N2O. The van der Waals surface area contributed by atoms with Crippen LogP contribution in [-0.2, 0) is 4.74 Å². The number of hydrogen-bond acceptors (Lipinski definition) is 3. The molecule has 3 heteroatoms. The van der Waals surface area contributed by atoms with Crippen molar-refractivity contribution in [1.29, 1.82) is 0 Å². The summed E-state index contributed by atoms with van der Waals surface area (Å²) in [5.41, 5.74) is 0. The van der Waals surface area contributed by atoms with Gasteiger partial charge in [-0.3, -0.25) is 4.90 Å². The van der Waals surface area contributed by atoms with Gasteiger partial charge in [0.1, 0.15) is 0 Å². The molecule has 0 unspecified atom stereocenters. The Bertz CT molecular complexity index is 82.6. The molecule has 0 saturated carbocycles. The first-order valence-electron chi connectivity index (χ1n) is 4.85. The van der Waals surface area contributed by atoms with Gasteiger partial charge in [-0.25, -0.2) is 0 Å². The molecule has 74 valence electrons. The molecule has 1 heterocycles. The Hall–Kier alpha value is -0.120. The number of nitrogens with zero attached hydrogens (tertiary/aromatic N) is 1. The van der Waals surface area contributed by atoms with Crippen LogP contribution in [0.15, 0.2) is 0 Å². The van der Waals surface area contributed by atoms with Gasteiger partial charge in [-0.05, 0) is 0 Å². The van der Waals surface area contributed by atoms with Crippen molar-refractivity contribution in [2.75, 3.05) is 46.4 Å². The summed E-state index contributed by atoms with van der Waals surface area (Å²) in [7, 11) is 1.75. The topological polar surface area (TPSA) is 24.5 Å². The number of rotatable bonds is 3. The SMILES string of the molecule is CC.COCCN1CCNCC1. The predicted molar refractivity (Wildman–Crippen MR) is 52.5 cm³/mol. The first kappa shape index (κ1) is 11.9. The van der Waals surface area contributed by atoms with Gasteiger partial charge >= 0.3 is 0 Å². The van der Waals surface area contributed by atoms with Crippen molar-refractivity contribution in [3.05, 3.63) is 0 Å². The Morgan fingerprint density at radius 2 is 1.83 bits per heavy atom. The Kier molecular flexibility index (Phi) is 8.88. The second kappa shape index (κ2) is 8.97. The van der Waals surface area contributed by atoms with E-state index in [1.807, 2.05) is 13.8 Å². The summed E-state index contributed by atoms with van der Waals surface area (Å²) < 4.78 is 4.98. The van der Waals surface area contributed by atoms with E-state index >= 15 is 0 Å². The van der Waals surface area contributed by atoms with Crippen LogP contribution in [0, 0.1) is 0 Å². The Balaban J connectivity index is 0.000000561. The van der Waals surface area contributed by atoms with Crippen molar-refractivity contribution in [1.82, 2.24) is 10.2 Å². The maximum Gasteiger partial charge on any atom is 0.0589 e. The van der Waals surface area contributed by atoms with Crippen LogP contribution >= 0.6 is 0 Å². The van der Waals surface area contributed by atoms with E-state index in [-0.39, 0.29) is 0 Å². The lowest BCUT2D eigenvalue weighted by molar-refractivity contribution is 0.139. The maximum atomic E-state index is 4.98. The Morgan fingerprint density at radius 3 is 2.33 bits per heavy atom. The predicted octanol–water partition coefficient (Wildman–Crippen LogP) is 0.564. The van der Waals surface area contributed by atoms with Crippen LogP contribution in [0.2, 0.25) is 0 Å². The fraction of sp³-hybridized carbons (Fsp3) is 1.00. The fourth-order valence-corrected chi connectivity index (χ4v) is 1.16. The Labute approximate surface area is 76.1 Å². The molecule has 0 aromatic heterocycles. The highest BCUT2D eigenvalue weighted by Gasteiger charge is 2.07. The largest absolute Gasteiger partial charge is 0.383 e. The monoisotopic (exact) mass is 174 g/mol. The smallest absolute Gasteiger partial charge is 0.0589 e. The van der Waals surface area contributed by atoms with E-state index in [0.717, 1.165) is 26.2 Å². The minimum absolute atomic E-state index is 0.861. The first-order valence-corrected chi connectivity index (χ1v) is 4.85. The van der Waals surface area contributed by atoms with Crippen molar-refractivity contribution in [3.8, 4) is 0 Å². The summed E-state index contributed by atoms with van der Waals surface area (Å²) in [6, 6.07) is 0. The van der Waals surface area contributed by atoms with Crippen molar-refractivity contribution in [2.45, 2.75) is 13.8 Å². The van der Waals surface area contributed by atoms with Gasteiger partial charge in [0.15, 0.2) is 0 Å². The van der Waals surface area contributed by atoms with Crippen molar-refractivity contribution in [3.63, 3.8) is 0 Å². The zero-order valence-electron chi connectivity index (χ0n) is 8.60. The molecule has 1 N–H and O–H groups in total. The van der Waals surface area contributed by atoms with E-state index in [2.05, 4.69) is 10.2 Å². The number of nitrogens with one attached hydrogen (secondary N) is 1. The molecule has 3 nitrogen and oxygen atoms in total. The minimum atomic E-state index is 0.861. The Morgan fingerprint density at radius 1 is 1.25 bits per heavy atom. The quantitative estimate of drug-likeness (QED) is 0.677. The van der Waals surface area contributed by atoms with E-state index < -0.39 is 0 Å². The average molecular weight is 174 g/mol. The van der Waals surface area contributed by atoms with Gasteiger partial charge in [0, 0.05) is 39.8 Å². The third kappa shape index (κ3) is 5.52. The molecule has 1 fully saturated rings. The van der Waals surface area contributed by atoms with Crippen LogP contribution in [0.1, 0.15) is 13.8 Å². The van der Waals surface area contributed by atoms with Crippen LogP contribution < -0.4 is 5.32 Å². The second-order valence-corrected chi connectivity index (χ2v) is 2.58.